The van der Waals surface area contributed by atoms with Crippen LogP contribution in [0.5, 0.6) is 5.75 Å². The van der Waals surface area contributed by atoms with Crippen molar-refractivity contribution in [1.29, 1.82) is 0 Å². The molecule has 0 amide bonds. The van der Waals surface area contributed by atoms with Gasteiger partial charge in [-0.3, -0.25) is 9.69 Å². The number of hydrogen-bond donors (Lipinski definition) is 1. The van der Waals surface area contributed by atoms with Gasteiger partial charge in [0.25, 0.3) is 0 Å². The van der Waals surface area contributed by atoms with Crippen molar-refractivity contribution >= 4 is 11.8 Å². The van der Waals surface area contributed by atoms with Gasteiger partial charge in [0.05, 0.1) is 43.5 Å². The van der Waals surface area contributed by atoms with Gasteiger partial charge in [-0.2, -0.15) is 0 Å². The Hall–Kier alpha value is -3.46. The van der Waals surface area contributed by atoms with E-state index in [1.54, 1.807) is 7.11 Å². The zero-order chi connectivity index (χ0) is 28.5. The van der Waals surface area contributed by atoms with E-state index in [0.717, 1.165) is 61.1 Å². The van der Waals surface area contributed by atoms with Gasteiger partial charge in [0.15, 0.2) is 0 Å². The van der Waals surface area contributed by atoms with E-state index < -0.39 is 11.9 Å². The Morgan fingerprint density at radius 2 is 1.93 bits per heavy atom. The number of carbonyl (C=O) groups is 1. The minimum Gasteiger partial charge on any atom is -0.488 e. The molecule has 3 aliphatic rings. The van der Waals surface area contributed by atoms with Crippen LogP contribution in [-0.4, -0.2) is 73.1 Å². The zero-order valence-corrected chi connectivity index (χ0v) is 24.1. The second-order valence-electron chi connectivity index (χ2n) is 11.5. The van der Waals surface area contributed by atoms with Crippen molar-refractivity contribution in [3.8, 4) is 17.0 Å². The van der Waals surface area contributed by atoms with Gasteiger partial charge in [0.2, 0.25) is 0 Å². The maximum Gasteiger partial charge on any atom is 0.308 e. The highest BCUT2D eigenvalue weighted by molar-refractivity contribution is 5.74. The summed E-state index contributed by atoms with van der Waals surface area (Å²) in [5, 5.41) is 9.73. The predicted octanol–water partition coefficient (Wildman–Crippen LogP) is 4.63. The first-order valence-electron chi connectivity index (χ1n) is 14.5. The average Bonchev–Trinajstić information content (AvgIpc) is 3.36. The van der Waals surface area contributed by atoms with Crippen LogP contribution in [0.4, 0.5) is 5.82 Å². The highest BCUT2D eigenvalue weighted by atomic mass is 16.5. The second-order valence-corrected chi connectivity index (χ2v) is 11.5. The van der Waals surface area contributed by atoms with E-state index in [1.807, 2.05) is 30.3 Å². The number of carboxylic acid groups (broad SMARTS) is 1. The van der Waals surface area contributed by atoms with Crippen LogP contribution in [0.15, 0.2) is 48.5 Å². The zero-order valence-electron chi connectivity index (χ0n) is 24.1. The van der Waals surface area contributed by atoms with Crippen molar-refractivity contribution in [2.24, 2.45) is 5.92 Å². The van der Waals surface area contributed by atoms with Crippen LogP contribution in [0.2, 0.25) is 0 Å². The number of benzene rings is 2. The summed E-state index contributed by atoms with van der Waals surface area (Å²) in [5.74, 6) is 0.312. The standard InChI is InChI=1S/C33H39N3O5/c1-21-6-4-7-26(29-8-5-9-31(34-29)36-13-11-27(33(37)38)30(36)20-39-3)32(21)41-17-23-14-22(2)28-16-35(25-18-40-19-25)12-10-24(28)15-23/h4-9,14-15,25,27,30H,10-13,16-20H2,1-3H3,(H,37,38). The first-order chi connectivity index (χ1) is 19.9. The molecular formula is C33H39N3O5. The van der Waals surface area contributed by atoms with Gasteiger partial charge < -0.3 is 24.2 Å². The maximum atomic E-state index is 11.9. The van der Waals surface area contributed by atoms with E-state index in [9.17, 15) is 9.90 Å². The summed E-state index contributed by atoms with van der Waals surface area (Å²) in [4.78, 5) is 21.5. The van der Waals surface area contributed by atoms with Crippen LogP contribution in [0, 0.1) is 19.8 Å². The quantitative estimate of drug-likeness (QED) is 0.408. The van der Waals surface area contributed by atoms with Gasteiger partial charge in [-0.15, -0.1) is 0 Å². The summed E-state index contributed by atoms with van der Waals surface area (Å²) in [5.41, 5.74) is 8.15. The highest BCUT2D eigenvalue weighted by Crippen LogP contribution is 2.36. The Balaban J connectivity index is 1.22. The molecule has 216 valence electrons. The minimum atomic E-state index is -0.789. The van der Waals surface area contributed by atoms with Gasteiger partial charge >= 0.3 is 5.97 Å². The molecule has 8 nitrogen and oxygen atoms in total. The number of aryl methyl sites for hydroxylation is 2. The molecule has 0 spiro atoms. The predicted molar refractivity (Wildman–Crippen MR) is 157 cm³/mol. The summed E-state index contributed by atoms with van der Waals surface area (Å²) >= 11 is 0. The van der Waals surface area contributed by atoms with Crippen LogP contribution in [0.1, 0.15) is 34.2 Å². The number of aromatic nitrogens is 1. The Morgan fingerprint density at radius 1 is 1.10 bits per heavy atom. The lowest BCUT2D eigenvalue weighted by atomic mass is 9.92. The molecule has 2 atom stereocenters. The molecule has 0 saturated carbocycles. The smallest absolute Gasteiger partial charge is 0.308 e. The third kappa shape index (κ3) is 5.56. The molecule has 0 bridgehead atoms. The molecule has 0 radical (unpaired) electrons. The molecule has 1 N–H and O–H groups in total. The Bertz CT molecular complexity index is 1420. The monoisotopic (exact) mass is 557 g/mol. The number of ether oxygens (including phenoxy) is 3. The number of pyridine rings is 1. The van der Waals surface area contributed by atoms with Gasteiger partial charge in [0.1, 0.15) is 18.2 Å². The third-order valence-electron chi connectivity index (χ3n) is 8.89. The molecule has 4 heterocycles. The van der Waals surface area contributed by atoms with Crippen molar-refractivity contribution in [3.63, 3.8) is 0 Å². The molecule has 2 saturated heterocycles. The van der Waals surface area contributed by atoms with Crippen LogP contribution in [0.3, 0.4) is 0 Å². The van der Waals surface area contributed by atoms with Gasteiger partial charge in [-0.05, 0) is 72.7 Å². The van der Waals surface area contributed by atoms with Crippen molar-refractivity contribution in [1.82, 2.24) is 9.88 Å². The fourth-order valence-electron chi connectivity index (χ4n) is 6.53. The highest BCUT2D eigenvalue weighted by Gasteiger charge is 2.39. The summed E-state index contributed by atoms with van der Waals surface area (Å²) in [7, 11) is 1.61. The van der Waals surface area contributed by atoms with E-state index in [0.29, 0.717) is 32.2 Å². The van der Waals surface area contributed by atoms with Crippen molar-refractivity contribution in [3.05, 3.63) is 76.3 Å². The molecule has 3 aliphatic heterocycles. The first-order valence-corrected chi connectivity index (χ1v) is 14.5. The Kier molecular flexibility index (Phi) is 7.97. The molecule has 3 aromatic rings. The number of hydrogen-bond acceptors (Lipinski definition) is 7. The molecule has 1 aromatic heterocycles. The molecular weight excluding hydrogens is 518 g/mol. The van der Waals surface area contributed by atoms with E-state index in [-0.39, 0.29) is 6.04 Å². The molecule has 41 heavy (non-hydrogen) atoms. The molecule has 0 aliphatic carbocycles. The van der Waals surface area contributed by atoms with E-state index in [4.69, 9.17) is 19.2 Å². The summed E-state index contributed by atoms with van der Waals surface area (Å²) in [6.07, 6.45) is 1.62. The number of aliphatic carboxylic acids is 1. The number of methoxy groups -OCH3 is 1. The fraction of sp³-hybridized carbons (Fsp3) is 0.455. The molecule has 6 rings (SSSR count). The fourth-order valence-corrected chi connectivity index (χ4v) is 6.53. The molecule has 2 aromatic carbocycles. The molecule has 2 unspecified atom stereocenters. The third-order valence-corrected chi connectivity index (χ3v) is 8.89. The lowest BCUT2D eigenvalue weighted by Crippen LogP contribution is -2.50. The Morgan fingerprint density at radius 3 is 2.68 bits per heavy atom. The van der Waals surface area contributed by atoms with E-state index in [1.165, 1.54) is 22.3 Å². The lowest BCUT2D eigenvalue weighted by molar-refractivity contribution is -0.142. The van der Waals surface area contributed by atoms with Gasteiger partial charge in [0, 0.05) is 32.3 Å². The SMILES string of the molecule is COCC1C(C(=O)O)CCN1c1cccc(-c2cccc(C)c2OCc2cc(C)c3c(c2)CCN(C2COC2)C3)n1. The topological polar surface area (TPSA) is 84.4 Å². The van der Waals surface area contributed by atoms with Crippen LogP contribution >= 0.6 is 0 Å². The van der Waals surface area contributed by atoms with Crippen LogP contribution < -0.4 is 9.64 Å². The number of nitrogens with zero attached hydrogens (tertiary/aromatic N) is 3. The second kappa shape index (κ2) is 11.8. The maximum absolute atomic E-state index is 11.9. The minimum absolute atomic E-state index is 0.255. The number of rotatable bonds is 9. The number of fused-ring (bicyclic) bond motifs is 1. The van der Waals surface area contributed by atoms with Gasteiger partial charge in [-0.1, -0.05) is 30.3 Å². The molecule has 2 fully saturated rings. The Labute approximate surface area is 241 Å². The van der Waals surface area contributed by atoms with E-state index >= 15 is 0 Å². The number of para-hydroxylation sites is 1. The summed E-state index contributed by atoms with van der Waals surface area (Å²) < 4.78 is 17.3. The van der Waals surface area contributed by atoms with Crippen molar-refractivity contribution < 1.29 is 24.1 Å². The van der Waals surface area contributed by atoms with Crippen molar-refractivity contribution in [2.75, 3.05) is 44.9 Å². The van der Waals surface area contributed by atoms with Crippen LogP contribution in [0.25, 0.3) is 11.3 Å². The van der Waals surface area contributed by atoms with Crippen molar-refractivity contribution in [2.45, 2.75) is 51.9 Å². The lowest BCUT2D eigenvalue weighted by Gasteiger charge is -2.40. The number of anilines is 1. The van der Waals surface area contributed by atoms with Gasteiger partial charge in [-0.25, -0.2) is 4.98 Å². The van der Waals surface area contributed by atoms with E-state index in [2.05, 4.69) is 41.8 Å². The normalized spacial score (nSPS) is 21.0. The summed E-state index contributed by atoms with van der Waals surface area (Å²) in [6.45, 7) is 9.50. The number of carboxylic acids is 1. The average molecular weight is 558 g/mol. The first kappa shape index (κ1) is 27.7. The summed E-state index contributed by atoms with van der Waals surface area (Å²) in [6, 6.07) is 16.9. The van der Waals surface area contributed by atoms with Crippen LogP contribution in [-0.2, 0) is 33.8 Å². The largest absolute Gasteiger partial charge is 0.488 e. The molecule has 8 heteroatoms.